The Morgan fingerprint density at radius 2 is 2.08 bits per heavy atom. The molecule has 0 fully saturated rings. The van der Waals surface area contributed by atoms with Gasteiger partial charge in [0.1, 0.15) is 17.8 Å². The van der Waals surface area contributed by atoms with E-state index in [1.54, 1.807) is 31.2 Å². The van der Waals surface area contributed by atoms with Gasteiger partial charge >= 0.3 is 5.97 Å². The Bertz CT molecular complexity index is 1050. The van der Waals surface area contributed by atoms with E-state index in [4.69, 9.17) is 4.74 Å². The first-order valence-electron chi connectivity index (χ1n) is 7.96. The Labute approximate surface area is 151 Å². The lowest BCUT2D eigenvalue weighted by molar-refractivity contribution is -0.141. The number of rotatable bonds is 6. The van der Waals surface area contributed by atoms with Crippen LogP contribution < -0.4 is 4.31 Å². The SMILES string of the molecule is CCOC(=O)CN(c1cccc(C)c1)S(=O)(=O)c1ccc2nncn2c1. The number of esters is 1. The molecule has 0 amide bonds. The maximum Gasteiger partial charge on any atom is 0.326 e. The molecule has 0 saturated heterocycles. The summed E-state index contributed by atoms with van der Waals surface area (Å²) in [6.45, 7) is 3.28. The molecule has 0 saturated carbocycles. The van der Waals surface area contributed by atoms with Crippen LogP contribution in [0.1, 0.15) is 12.5 Å². The number of ether oxygens (including phenoxy) is 1. The fraction of sp³-hybridized carbons (Fsp3) is 0.235. The number of carbonyl (C=O) groups is 1. The molecule has 3 aromatic rings. The number of sulfonamides is 1. The van der Waals surface area contributed by atoms with Crippen molar-refractivity contribution in [2.45, 2.75) is 18.7 Å². The summed E-state index contributed by atoms with van der Waals surface area (Å²) in [7, 11) is -4.00. The van der Waals surface area contributed by atoms with Crippen LogP contribution in [0, 0.1) is 6.92 Å². The molecule has 0 spiro atoms. The zero-order valence-corrected chi connectivity index (χ0v) is 15.2. The van der Waals surface area contributed by atoms with E-state index in [1.807, 2.05) is 13.0 Å². The third-order valence-electron chi connectivity index (χ3n) is 3.72. The van der Waals surface area contributed by atoms with Gasteiger partial charge in [-0.25, -0.2) is 8.42 Å². The molecule has 0 aliphatic rings. The molecular formula is C17H18N4O4S. The second kappa shape index (κ2) is 7.12. The topological polar surface area (TPSA) is 93.9 Å². The van der Waals surface area contributed by atoms with Crippen LogP contribution in [0.15, 0.2) is 53.8 Å². The Morgan fingerprint density at radius 3 is 2.81 bits per heavy atom. The highest BCUT2D eigenvalue weighted by atomic mass is 32.2. The molecule has 136 valence electrons. The third kappa shape index (κ3) is 3.52. The van der Waals surface area contributed by atoms with Crippen molar-refractivity contribution in [3.8, 4) is 0 Å². The maximum atomic E-state index is 13.2. The van der Waals surface area contributed by atoms with E-state index in [0.29, 0.717) is 11.3 Å². The van der Waals surface area contributed by atoms with Crippen molar-refractivity contribution in [1.29, 1.82) is 0 Å². The first-order chi connectivity index (χ1) is 12.4. The molecular weight excluding hydrogens is 356 g/mol. The predicted molar refractivity (Wildman–Crippen MR) is 95.3 cm³/mol. The van der Waals surface area contributed by atoms with Crippen LogP contribution in [0.2, 0.25) is 0 Å². The highest BCUT2D eigenvalue weighted by Gasteiger charge is 2.28. The van der Waals surface area contributed by atoms with Gasteiger partial charge in [-0.05, 0) is 43.7 Å². The molecule has 2 aromatic heterocycles. The van der Waals surface area contributed by atoms with Crippen LogP contribution in [0.5, 0.6) is 0 Å². The van der Waals surface area contributed by atoms with E-state index in [2.05, 4.69) is 10.2 Å². The predicted octanol–water partition coefficient (Wildman–Crippen LogP) is 1.80. The monoisotopic (exact) mass is 374 g/mol. The number of hydrogen-bond donors (Lipinski definition) is 0. The van der Waals surface area contributed by atoms with Crippen LogP contribution in [-0.2, 0) is 19.6 Å². The van der Waals surface area contributed by atoms with Gasteiger partial charge < -0.3 is 4.74 Å². The molecule has 1 aromatic carbocycles. The third-order valence-corrected chi connectivity index (χ3v) is 5.48. The molecule has 26 heavy (non-hydrogen) atoms. The van der Waals surface area contributed by atoms with Gasteiger partial charge in [0, 0.05) is 6.20 Å². The summed E-state index contributed by atoms with van der Waals surface area (Å²) in [5.41, 5.74) is 1.79. The van der Waals surface area contributed by atoms with Crippen LogP contribution >= 0.6 is 0 Å². The fourth-order valence-electron chi connectivity index (χ4n) is 2.51. The van der Waals surface area contributed by atoms with Gasteiger partial charge in [-0.15, -0.1) is 10.2 Å². The molecule has 0 bridgehead atoms. The van der Waals surface area contributed by atoms with Gasteiger partial charge in [0.05, 0.1) is 12.3 Å². The number of benzene rings is 1. The number of nitrogens with zero attached hydrogens (tertiary/aromatic N) is 4. The van der Waals surface area contributed by atoms with E-state index < -0.39 is 22.5 Å². The number of carbonyl (C=O) groups excluding carboxylic acids is 1. The highest BCUT2D eigenvalue weighted by molar-refractivity contribution is 7.92. The Morgan fingerprint density at radius 1 is 1.27 bits per heavy atom. The lowest BCUT2D eigenvalue weighted by Gasteiger charge is -2.24. The fourth-order valence-corrected chi connectivity index (χ4v) is 3.92. The van der Waals surface area contributed by atoms with Gasteiger partial charge in [0.15, 0.2) is 5.65 Å². The van der Waals surface area contributed by atoms with E-state index in [9.17, 15) is 13.2 Å². The summed E-state index contributed by atoms with van der Waals surface area (Å²) < 4.78 is 33.9. The molecule has 8 nitrogen and oxygen atoms in total. The van der Waals surface area contributed by atoms with Crippen LogP contribution in [0.3, 0.4) is 0 Å². The van der Waals surface area contributed by atoms with Crippen LogP contribution in [0.25, 0.3) is 5.65 Å². The van der Waals surface area contributed by atoms with Gasteiger partial charge in [0.2, 0.25) is 0 Å². The van der Waals surface area contributed by atoms with E-state index in [0.717, 1.165) is 9.87 Å². The van der Waals surface area contributed by atoms with Crippen molar-refractivity contribution in [2.24, 2.45) is 0 Å². The number of hydrogen-bond acceptors (Lipinski definition) is 6. The van der Waals surface area contributed by atoms with Crippen LogP contribution in [-0.4, -0.2) is 42.1 Å². The van der Waals surface area contributed by atoms with Crippen molar-refractivity contribution in [2.75, 3.05) is 17.5 Å². The standard InChI is InChI=1S/C17H18N4O4S/c1-3-25-17(22)11-21(14-6-4-5-13(2)9-14)26(23,24)15-7-8-16-19-18-12-20(16)10-15/h4-10,12H,3,11H2,1-2H3. The first-order valence-corrected chi connectivity index (χ1v) is 9.40. The molecule has 0 N–H and O–H groups in total. The minimum absolute atomic E-state index is 0.0237. The Kier molecular flexibility index (Phi) is 4.90. The largest absolute Gasteiger partial charge is 0.465 e. The quantitative estimate of drug-likeness (QED) is 0.611. The maximum absolute atomic E-state index is 13.2. The molecule has 0 atom stereocenters. The highest BCUT2D eigenvalue weighted by Crippen LogP contribution is 2.24. The smallest absolute Gasteiger partial charge is 0.326 e. The summed E-state index contributed by atoms with van der Waals surface area (Å²) in [4.78, 5) is 12.0. The van der Waals surface area contributed by atoms with Crippen molar-refractivity contribution in [3.05, 3.63) is 54.5 Å². The summed E-state index contributed by atoms with van der Waals surface area (Å²) in [5.74, 6) is -0.622. The minimum Gasteiger partial charge on any atom is -0.465 e. The number of aromatic nitrogens is 3. The zero-order chi connectivity index (χ0) is 18.7. The molecule has 2 heterocycles. The van der Waals surface area contributed by atoms with E-state index in [1.165, 1.54) is 23.0 Å². The zero-order valence-electron chi connectivity index (χ0n) is 14.4. The molecule has 9 heteroatoms. The minimum atomic E-state index is -4.00. The lowest BCUT2D eigenvalue weighted by atomic mass is 10.2. The molecule has 0 radical (unpaired) electrons. The summed E-state index contributed by atoms with van der Waals surface area (Å²) in [5, 5.41) is 7.60. The van der Waals surface area contributed by atoms with Crippen molar-refractivity contribution in [3.63, 3.8) is 0 Å². The number of fused-ring (bicyclic) bond motifs is 1. The molecule has 0 aliphatic carbocycles. The van der Waals surface area contributed by atoms with Crippen molar-refractivity contribution < 1.29 is 17.9 Å². The van der Waals surface area contributed by atoms with Crippen molar-refractivity contribution >= 4 is 27.3 Å². The summed E-state index contributed by atoms with van der Waals surface area (Å²) in [6.07, 6.45) is 2.83. The van der Waals surface area contributed by atoms with Gasteiger partial charge in [-0.3, -0.25) is 13.5 Å². The second-order valence-electron chi connectivity index (χ2n) is 5.62. The lowest BCUT2D eigenvalue weighted by Crippen LogP contribution is -2.36. The number of anilines is 1. The number of aryl methyl sites for hydroxylation is 1. The summed E-state index contributed by atoms with van der Waals surface area (Å²) >= 11 is 0. The Hall–Kier alpha value is -2.94. The van der Waals surface area contributed by atoms with Gasteiger partial charge in [-0.1, -0.05) is 12.1 Å². The average Bonchev–Trinajstić information content (AvgIpc) is 3.07. The Balaban J connectivity index is 2.07. The average molecular weight is 374 g/mol. The summed E-state index contributed by atoms with van der Waals surface area (Å²) in [6, 6.07) is 9.92. The molecule has 0 aliphatic heterocycles. The molecule has 3 rings (SSSR count). The molecule has 0 unspecified atom stereocenters. The van der Waals surface area contributed by atoms with Gasteiger partial charge in [-0.2, -0.15) is 0 Å². The van der Waals surface area contributed by atoms with Gasteiger partial charge in [0.25, 0.3) is 10.0 Å². The van der Waals surface area contributed by atoms with Crippen molar-refractivity contribution in [1.82, 2.24) is 14.6 Å². The van der Waals surface area contributed by atoms with E-state index >= 15 is 0 Å². The van der Waals surface area contributed by atoms with E-state index in [-0.39, 0.29) is 11.5 Å². The first kappa shape index (κ1) is 17.9. The normalized spacial score (nSPS) is 11.5. The second-order valence-corrected chi connectivity index (χ2v) is 7.48. The number of pyridine rings is 1. The van der Waals surface area contributed by atoms with Crippen LogP contribution in [0.4, 0.5) is 5.69 Å².